The van der Waals surface area contributed by atoms with Gasteiger partial charge in [0.15, 0.2) is 5.71 Å². The molecule has 32 heteroatoms. The van der Waals surface area contributed by atoms with Crippen molar-refractivity contribution in [2.75, 3.05) is 29.1 Å². The van der Waals surface area contributed by atoms with Gasteiger partial charge in [-0.3, -0.25) is 28.0 Å². The molecule has 0 fully saturated rings. The molecular weight excluding hydrogens is 1210 g/mol. The summed E-state index contributed by atoms with van der Waals surface area (Å²) in [5.41, 5.74) is 3.17. The second kappa shape index (κ2) is 23.6. The number of nitrogens with zero attached hydrogens (tertiary/aromatic N) is 5. The van der Waals surface area contributed by atoms with Crippen molar-refractivity contribution in [2.45, 2.75) is 96.6 Å². The van der Waals surface area contributed by atoms with Gasteiger partial charge in [0, 0.05) is 71.0 Å². The number of benzene rings is 4. The first-order valence-corrected chi connectivity index (χ1v) is 33.7. The average molecular weight is 1270 g/mol. The van der Waals surface area contributed by atoms with Crippen molar-refractivity contribution in [1.29, 1.82) is 0 Å². The molecule has 25 nitrogen and oxygen atoms in total. The molecule has 2 aliphatic rings. The van der Waals surface area contributed by atoms with E-state index in [1.54, 1.807) is 48.8 Å². The number of carbonyl (C=O) groups excluding carboxylic acids is 1. The molecule has 0 radical (unpaired) electrons. The number of aryl methyl sites for hydroxylation is 1. The highest BCUT2D eigenvalue weighted by atomic mass is 32.3. The van der Waals surface area contributed by atoms with Crippen molar-refractivity contribution < 1.29 is 82.3 Å². The smallest absolute Gasteiger partial charge is 0.344 e. The van der Waals surface area contributed by atoms with Gasteiger partial charge in [0.2, 0.25) is 21.1 Å². The summed E-state index contributed by atoms with van der Waals surface area (Å²) >= 11 is 0.587. The number of fused-ring (bicyclic) bond motifs is 6. The lowest BCUT2D eigenvalue weighted by Crippen LogP contribution is -2.28. The fourth-order valence-corrected chi connectivity index (χ4v) is 13.8. The predicted molar refractivity (Wildman–Crippen MR) is 304 cm³/mol. The third kappa shape index (κ3) is 14.1. The Labute approximate surface area is 478 Å². The average Bonchev–Trinajstić information content (AvgIpc) is 2.57. The molecule has 7 N–H and O–H groups in total. The van der Waals surface area contributed by atoms with Gasteiger partial charge < -0.3 is 10.2 Å². The largest absolute Gasteiger partial charge is 0.425 e. The van der Waals surface area contributed by atoms with Crippen LogP contribution in [0.15, 0.2) is 122 Å². The van der Waals surface area contributed by atoms with E-state index in [-0.39, 0.29) is 46.6 Å². The number of nitrogens with one attached hydrogen (secondary N) is 1. The van der Waals surface area contributed by atoms with Crippen molar-refractivity contribution in [3.63, 3.8) is 0 Å². The molecule has 2 aromatic heterocycles. The van der Waals surface area contributed by atoms with Crippen LogP contribution in [-0.4, -0.2) is 123 Å². The van der Waals surface area contributed by atoms with Gasteiger partial charge >= 0.3 is 10.6 Å². The number of aromatic nitrogens is 3. The van der Waals surface area contributed by atoms with Crippen LogP contribution in [0.4, 0.5) is 16.5 Å². The molecule has 4 heterocycles. The van der Waals surface area contributed by atoms with Crippen LogP contribution in [0.5, 0.6) is 0 Å². The van der Waals surface area contributed by atoms with Crippen molar-refractivity contribution in [2.24, 2.45) is 5.14 Å². The number of carbonyl (C=O) groups is 1. The molecule has 82 heavy (non-hydrogen) atoms. The first-order valence-electron chi connectivity index (χ1n) is 24.4. The fraction of sp³-hybridized carbons (Fsp3) is 0.300. The Bertz CT molecular complexity index is 4460. The Morgan fingerprint density at radius 1 is 0.780 bits per heavy atom. The number of pyridine rings is 1. The maximum atomic E-state index is 13.1. The van der Waals surface area contributed by atoms with E-state index in [2.05, 4.69) is 20.4 Å². The molecule has 1 amide bonds. The van der Waals surface area contributed by atoms with E-state index in [0.29, 0.717) is 63.1 Å². The van der Waals surface area contributed by atoms with E-state index >= 15 is 0 Å². The zero-order valence-corrected chi connectivity index (χ0v) is 49.8. The van der Waals surface area contributed by atoms with E-state index < -0.39 is 97.7 Å². The first-order chi connectivity index (χ1) is 37.9. The molecule has 0 unspecified atom stereocenters. The van der Waals surface area contributed by atoms with Crippen molar-refractivity contribution in [1.82, 2.24) is 15.2 Å². The van der Waals surface area contributed by atoms with Crippen LogP contribution >= 0.6 is 11.3 Å². The minimum Gasteiger partial charge on any atom is -0.344 e. The Hall–Kier alpha value is -6.56. The number of primary sulfonamides is 1. The zero-order valence-electron chi connectivity index (χ0n) is 44.1. The topological polar surface area (TPSA) is 403 Å². The quantitative estimate of drug-likeness (QED) is 0.0235. The predicted octanol–water partition coefficient (Wildman–Crippen LogP) is 5.97. The first kappa shape index (κ1) is 63.0. The number of anilines is 2. The van der Waals surface area contributed by atoms with Gasteiger partial charge in [-0.1, -0.05) is 56.7 Å². The number of amides is 1. The Kier molecular flexibility index (Phi) is 18.1. The lowest BCUT2D eigenvalue weighted by Gasteiger charge is -2.27. The van der Waals surface area contributed by atoms with E-state index in [1.807, 2.05) is 45.1 Å². The molecule has 0 saturated carbocycles. The summed E-state index contributed by atoms with van der Waals surface area (Å²) in [5, 5.41) is 16.1. The summed E-state index contributed by atoms with van der Waals surface area (Å²) < 4.78 is 190. The van der Waals surface area contributed by atoms with Crippen LogP contribution in [0.3, 0.4) is 0 Å². The van der Waals surface area contributed by atoms with Crippen molar-refractivity contribution in [3.05, 3.63) is 125 Å². The Balaban J connectivity index is 0.00000234. The van der Waals surface area contributed by atoms with Crippen LogP contribution in [-0.2, 0) is 83.1 Å². The summed E-state index contributed by atoms with van der Waals surface area (Å²) in [5.74, 6) is -1.15. The van der Waals surface area contributed by atoms with Crippen LogP contribution in [0.2, 0.25) is 0 Å². The molecule has 2 aliphatic heterocycles. The van der Waals surface area contributed by atoms with Crippen molar-refractivity contribution >= 4 is 128 Å². The number of hydrogen-bond donors (Lipinski definition) is 6. The highest BCUT2D eigenvalue weighted by Crippen LogP contribution is 2.52. The highest BCUT2D eigenvalue weighted by molar-refractivity contribution is 7.91. The fourth-order valence-electron chi connectivity index (χ4n) is 10.1. The second-order valence-electron chi connectivity index (χ2n) is 19.9. The molecule has 0 spiro atoms. The molecule has 0 bridgehead atoms. The van der Waals surface area contributed by atoms with Gasteiger partial charge in [0.25, 0.3) is 50.5 Å². The molecule has 0 aliphatic carbocycles. The monoisotopic (exact) mass is 1260 g/mol. The minimum atomic E-state index is -5.09. The molecule has 0 saturated heterocycles. The summed E-state index contributed by atoms with van der Waals surface area (Å²) in [7, 11) is -26.4. The third-order valence-electron chi connectivity index (χ3n) is 13.6. The van der Waals surface area contributed by atoms with E-state index in [1.165, 1.54) is 30.5 Å². The molecule has 6 aromatic rings. The summed E-state index contributed by atoms with van der Waals surface area (Å²) in [6, 6.07) is 16.4. The zero-order chi connectivity index (χ0) is 60.7. The molecular formula is C50H54N7O18S7+. The van der Waals surface area contributed by atoms with Gasteiger partial charge in [-0.05, 0) is 115 Å². The lowest BCUT2D eigenvalue weighted by atomic mass is 9.79. The normalized spacial score (nSPS) is 16.0. The van der Waals surface area contributed by atoms with E-state index in [9.17, 15) is 65.1 Å². The van der Waals surface area contributed by atoms with Gasteiger partial charge in [0.05, 0.1) is 26.7 Å². The highest BCUT2D eigenvalue weighted by Gasteiger charge is 2.47. The molecule has 4 aromatic carbocycles. The minimum absolute atomic E-state index is 0.0322. The second-order valence-corrected chi connectivity index (χ2v) is 28.8. The number of nitrogens with two attached hydrogens (primary N) is 1. The maximum Gasteiger partial charge on any atom is 0.425 e. The molecule has 0 atom stereocenters. The van der Waals surface area contributed by atoms with E-state index in [4.69, 9.17) is 22.7 Å². The number of rotatable bonds is 19. The standard InChI is InChI=1S/C50H53N7O15S6.O3S/c1-6-7-23-56-39-16-11-31-10-14-33(76(64,65)66)27-36(31)45(39)49(2,3)42(56)18-12-32(38-26-30(21-22-52-38)9-20-44(58)53-47-54-55-48(73-47)75(51,62)63)13-19-43-50(4,5)46-37-28-34(77(67,68)69)29-41(78(70,71)72)35(37)15-17-40(46)57(43)24-8-25-74(59,60)61;1-4(2)3/h10-19,21-22,26-29H,6-9,20,23-25H2,1-5H3,(H6-,51,53,54,58,59,60,61,62,63,64,65,66,67,68,69,70,71,72);/p+1. The lowest BCUT2D eigenvalue weighted by molar-refractivity contribution is -0.437. The number of hydrogen-bond acceptors (Lipinski definition) is 19. The number of allylic oxidation sites excluding steroid dienone is 6. The summed E-state index contributed by atoms with van der Waals surface area (Å²) in [6.45, 7) is 10.1. The Morgan fingerprint density at radius 3 is 2.05 bits per heavy atom. The van der Waals surface area contributed by atoms with Gasteiger partial charge in [-0.2, -0.15) is 38.2 Å². The van der Waals surface area contributed by atoms with Gasteiger partial charge in [-0.15, -0.1) is 22.8 Å². The van der Waals surface area contributed by atoms with E-state index in [0.717, 1.165) is 41.2 Å². The molecule has 8 rings (SSSR count). The SMILES string of the molecule is CCCCN1C(=CC=C(C=CC2=[N+](CCCS(=O)(=O)O)c3ccc4c(S(=O)(=O)O)cc(S(=O)(=O)O)cc4c3C2(C)C)c2cc(CCC(=O)Nc3nnc(S(N)(=O)=O)s3)ccn2)C(C)(C)c2c1ccc1ccc(S(=O)(=O)O)cc21.O=S(=O)=O. The Morgan fingerprint density at radius 2 is 1.44 bits per heavy atom. The van der Waals surface area contributed by atoms with Gasteiger partial charge in [-0.25, -0.2) is 13.6 Å². The van der Waals surface area contributed by atoms with Crippen LogP contribution in [0.1, 0.15) is 82.7 Å². The maximum absolute atomic E-state index is 13.1. The number of sulfonamides is 1. The van der Waals surface area contributed by atoms with Crippen LogP contribution < -0.4 is 15.4 Å². The number of unbranched alkanes of at least 4 members (excludes halogenated alkanes) is 1. The summed E-state index contributed by atoms with van der Waals surface area (Å²) in [6.07, 6.45) is 10.3. The van der Waals surface area contributed by atoms with Gasteiger partial charge in [0.1, 0.15) is 11.4 Å². The molecule has 438 valence electrons. The van der Waals surface area contributed by atoms with Crippen LogP contribution in [0.25, 0.3) is 27.1 Å². The van der Waals surface area contributed by atoms with Crippen LogP contribution in [0, 0.1) is 0 Å². The van der Waals surface area contributed by atoms with Crippen molar-refractivity contribution in [3.8, 4) is 0 Å². The third-order valence-corrected chi connectivity index (χ3v) is 19.1. The summed E-state index contributed by atoms with van der Waals surface area (Å²) in [4.78, 5) is 18.1.